The van der Waals surface area contributed by atoms with Crippen LogP contribution in [0.3, 0.4) is 0 Å². The van der Waals surface area contributed by atoms with Gasteiger partial charge in [-0.3, -0.25) is 4.98 Å². The van der Waals surface area contributed by atoms with Crippen LogP contribution >= 0.6 is 11.6 Å². The summed E-state index contributed by atoms with van der Waals surface area (Å²) in [7, 11) is 0. The third-order valence-corrected chi connectivity index (χ3v) is 3.51. The quantitative estimate of drug-likeness (QED) is 0.825. The summed E-state index contributed by atoms with van der Waals surface area (Å²) in [5.41, 5.74) is 1.92. The van der Waals surface area contributed by atoms with E-state index in [1.807, 2.05) is 13.8 Å². The highest BCUT2D eigenvalue weighted by molar-refractivity contribution is 6.20. The molecule has 1 aromatic rings. The number of rotatable bonds is 3. The average Bonchev–Trinajstić information content (AvgIpc) is 2.66. The van der Waals surface area contributed by atoms with Gasteiger partial charge in [0.15, 0.2) is 0 Å². The van der Waals surface area contributed by atoms with E-state index in [9.17, 15) is 0 Å². The Labute approximate surface area is 102 Å². The van der Waals surface area contributed by atoms with Gasteiger partial charge in [-0.05, 0) is 39.0 Å². The zero-order chi connectivity index (χ0) is 11.5. The van der Waals surface area contributed by atoms with Crippen LogP contribution < -0.4 is 5.32 Å². The second-order valence-electron chi connectivity index (χ2n) is 4.60. The van der Waals surface area contributed by atoms with Gasteiger partial charge < -0.3 is 5.32 Å². The van der Waals surface area contributed by atoms with Crippen molar-refractivity contribution >= 4 is 17.4 Å². The van der Waals surface area contributed by atoms with Gasteiger partial charge in [0.25, 0.3) is 0 Å². The molecule has 0 aromatic carbocycles. The summed E-state index contributed by atoms with van der Waals surface area (Å²) in [6.07, 6.45) is 5.28. The van der Waals surface area contributed by atoms with Crippen LogP contribution in [0.2, 0.25) is 0 Å². The number of anilines is 1. The molecule has 0 aliphatic heterocycles. The minimum Gasteiger partial charge on any atom is -0.368 e. The van der Waals surface area contributed by atoms with Crippen molar-refractivity contribution in [1.82, 2.24) is 9.97 Å². The lowest BCUT2D eigenvalue weighted by atomic mass is 10.1. The minimum absolute atomic E-state index is 0.372. The lowest BCUT2D eigenvalue weighted by molar-refractivity contribution is 0.579. The van der Waals surface area contributed by atoms with E-state index >= 15 is 0 Å². The highest BCUT2D eigenvalue weighted by atomic mass is 35.5. The van der Waals surface area contributed by atoms with E-state index in [1.54, 1.807) is 6.20 Å². The van der Waals surface area contributed by atoms with E-state index in [2.05, 4.69) is 15.3 Å². The first-order valence-corrected chi connectivity index (χ1v) is 6.27. The van der Waals surface area contributed by atoms with E-state index < -0.39 is 0 Å². The Morgan fingerprint density at radius 2 is 2.25 bits per heavy atom. The van der Waals surface area contributed by atoms with E-state index in [0.29, 0.717) is 11.3 Å². The van der Waals surface area contributed by atoms with Gasteiger partial charge in [-0.2, -0.15) is 0 Å². The summed E-state index contributed by atoms with van der Waals surface area (Å²) in [6.45, 7) is 4.90. The number of nitrogens with one attached hydrogen (secondary N) is 1. The number of alkyl halides is 1. The van der Waals surface area contributed by atoms with Crippen LogP contribution in [0.5, 0.6) is 0 Å². The van der Waals surface area contributed by atoms with Gasteiger partial charge in [-0.1, -0.05) is 0 Å². The van der Waals surface area contributed by atoms with Crippen LogP contribution in [-0.4, -0.2) is 21.9 Å². The van der Waals surface area contributed by atoms with E-state index in [1.165, 1.54) is 6.42 Å². The molecule has 0 amide bonds. The summed E-state index contributed by atoms with van der Waals surface area (Å²) in [6, 6.07) is 0. The molecule has 0 bridgehead atoms. The highest BCUT2D eigenvalue weighted by Gasteiger charge is 2.22. The SMILES string of the molecule is Cc1cnc(C)c(NCC2CCC(Cl)C2)n1. The molecule has 1 saturated carbocycles. The molecule has 2 atom stereocenters. The monoisotopic (exact) mass is 239 g/mol. The standard InChI is InChI=1S/C12H18ClN3/c1-8-6-14-9(2)12(16-8)15-7-10-3-4-11(13)5-10/h6,10-11H,3-5,7H2,1-2H3,(H,15,16). The van der Waals surface area contributed by atoms with Crippen molar-refractivity contribution in [3.05, 3.63) is 17.6 Å². The van der Waals surface area contributed by atoms with Gasteiger partial charge in [0.2, 0.25) is 0 Å². The Kier molecular flexibility index (Phi) is 3.64. The molecule has 0 saturated heterocycles. The maximum Gasteiger partial charge on any atom is 0.147 e. The number of aromatic nitrogens is 2. The van der Waals surface area contributed by atoms with Gasteiger partial charge in [-0.25, -0.2) is 4.98 Å². The predicted octanol–water partition coefficient (Wildman–Crippen LogP) is 2.91. The molecule has 2 rings (SSSR count). The molecule has 1 fully saturated rings. The molecule has 88 valence electrons. The van der Waals surface area contributed by atoms with Gasteiger partial charge in [0.1, 0.15) is 5.82 Å². The zero-order valence-electron chi connectivity index (χ0n) is 9.83. The first-order valence-electron chi connectivity index (χ1n) is 5.83. The fourth-order valence-electron chi connectivity index (χ4n) is 2.15. The zero-order valence-corrected chi connectivity index (χ0v) is 10.6. The molecular formula is C12H18ClN3. The average molecular weight is 240 g/mol. The maximum absolute atomic E-state index is 6.09. The van der Waals surface area contributed by atoms with Gasteiger partial charge >= 0.3 is 0 Å². The summed E-state index contributed by atoms with van der Waals surface area (Å²) in [5.74, 6) is 1.60. The molecule has 16 heavy (non-hydrogen) atoms. The van der Waals surface area contributed by atoms with Gasteiger partial charge in [0.05, 0.1) is 11.4 Å². The van der Waals surface area contributed by atoms with Crippen molar-refractivity contribution in [2.24, 2.45) is 5.92 Å². The fourth-order valence-corrected chi connectivity index (χ4v) is 2.52. The maximum atomic E-state index is 6.09. The first kappa shape index (κ1) is 11.6. The minimum atomic E-state index is 0.372. The van der Waals surface area contributed by atoms with Crippen LogP contribution in [-0.2, 0) is 0 Å². The lowest BCUT2D eigenvalue weighted by Crippen LogP contribution is -2.14. The summed E-state index contributed by atoms with van der Waals surface area (Å²) in [5, 5.41) is 3.76. The van der Waals surface area contributed by atoms with Crippen molar-refractivity contribution < 1.29 is 0 Å². The topological polar surface area (TPSA) is 37.8 Å². The highest BCUT2D eigenvalue weighted by Crippen LogP contribution is 2.29. The Bertz CT molecular complexity index is 367. The predicted molar refractivity (Wildman–Crippen MR) is 67.0 cm³/mol. The third kappa shape index (κ3) is 2.85. The smallest absolute Gasteiger partial charge is 0.147 e. The lowest BCUT2D eigenvalue weighted by Gasteiger charge is -2.12. The van der Waals surface area contributed by atoms with E-state index in [4.69, 9.17) is 11.6 Å². The fraction of sp³-hybridized carbons (Fsp3) is 0.667. The van der Waals surface area contributed by atoms with E-state index in [0.717, 1.165) is 36.6 Å². The Hall–Kier alpha value is -0.830. The first-order chi connectivity index (χ1) is 7.65. The van der Waals surface area contributed by atoms with E-state index in [-0.39, 0.29) is 0 Å². The number of hydrogen-bond donors (Lipinski definition) is 1. The third-order valence-electron chi connectivity index (χ3n) is 3.11. The molecule has 1 N–H and O–H groups in total. The van der Waals surface area contributed by atoms with Crippen molar-refractivity contribution in [1.29, 1.82) is 0 Å². The Balaban J connectivity index is 1.91. The number of halogens is 1. The number of hydrogen-bond acceptors (Lipinski definition) is 3. The molecule has 0 spiro atoms. The number of nitrogens with zero attached hydrogens (tertiary/aromatic N) is 2. The van der Waals surface area contributed by atoms with Crippen LogP contribution in [0, 0.1) is 19.8 Å². The molecule has 1 aromatic heterocycles. The van der Waals surface area contributed by atoms with Crippen molar-refractivity contribution in [2.75, 3.05) is 11.9 Å². The van der Waals surface area contributed by atoms with Gasteiger partial charge in [0, 0.05) is 18.1 Å². The van der Waals surface area contributed by atoms with Crippen molar-refractivity contribution in [3.8, 4) is 0 Å². The van der Waals surface area contributed by atoms with Crippen LogP contribution in [0.15, 0.2) is 6.20 Å². The second-order valence-corrected chi connectivity index (χ2v) is 5.22. The van der Waals surface area contributed by atoms with Crippen LogP contribution in [0.4, 0.5) is 5.82 Å². The molecule has 3 nitrogen and oxygen atoms in total. The molecular weight excluding hydrogens is 222 g/mol. The molecule has 2 unspecified atom stereocenters. The van der Waals surface area contributed by atoms with Crippen molar-refractivity contribution in [2.45, 2.75) is 38.5 Å². The Morgan fingerprint density at radius 1 is 1.44 bits per heavy atom. The molecule has 1 aliphatic carbocycles. The molecule has 0 radical (unpaired) electrons. The summed E-state index contributed by atoms with van der Waals surface area (Å²) < 4.78 is 0. The molecule has 1 heterocycles. The second kappa shape index (κ2) is 5.00. The van der Waals surface area contributed by atoms with Crippen LogP contribution in [0.25, 0.3) is 0 Å². The molecule has 1 aliphatic rings. The Morgan fingerprint density at radius 3 is 2.94 bits per heavy atom. The molecule has 4 heteroatoms. The summed E-state index contributed by atoms with van der Waals surface area (Å²) >= 11 is 6.09. The summed E-state index contributed by atoms with van der Waals surface area (Å²) in [4.78, 5) is 8.73. The number of aryl methyl sites for hydroxylation is 2. The van der Waals surface area contributed by atoms with Crippen LogP contribution in [0.1, 0.15) is 30.7 Å². The normalized spacial score (nSPS) is 24.7. The van der Waals surface area contributed by atoms with Gasteiger partial charge in [-0.15, -0.1) is 11.6 Å². The van der Waals surface area contributed by atoms with Crippen molar-refractivity contribution in [3.63, 3.8) is 0 Å². The largest absolute Gasteiger partial charge is 0.368 e.